The van der Waals surface area contributed by atoms with E-state index < -0.39 is 0 Å². The molecule has 0 bridgehead atoms. The predicted octanol–water partition coefficient (Wildman–Crippen LogP) is 3.95. The molecule has 0 aliphatic carbocycles. The first-order chi connectivity index (χ1) is 9.92. The molecule has 1 aromatic heterocycles. The van der Waals surface area contributed by atoms with Crippen LogP contribution in [0.3, 0.4) is 0 Å². The van der Waals surface area contributed by atoms with E-state index >= 15 is 0 Å². The molecule has 1 nitrogen and oxygen atoms in total. The van der Waals surface area contributed by atoms with Gasteiger partial charge >= 0.3 is 0 Å². The molecule has 0 unspecified atom stereocenters. The normalized spacial score (nSPS) is 9.60. The third kappa shape index (κ3) is 2.93. The van der Waals surface area contributed by atoms with Crippen molar-refractivity contribution in [1.29, 1.82) is 0 Å². The van der Waals surface area contributed by atoms with Crippen LogP contribution >= 0.6 is 0 Å². The highest BCUT2D eigenvalue weighted by atomic mass is 14.7. The van der Waals surface area contributed by atoms with Crippen molar-refractivity contribution in [3.8, 4) is 23.1 Å². The van der Waals surface area contributed by atoms with Gasteiger partial charge in [-0.25, -0.2) is 0 Å². The van der Waals surface area contributed by atoms with E-state index in [9.17, 15) is 0 Å². The zero-order valence-electron chi connectivity index (χ0n) is 10.9. The SMILES string of the molecule is C(#Cc1ccccc1)c1c[c-]c(-c2ccccn2)cc1. The van der Waals surface area contributed by atoms with Crippen molar-refractivity contribution < 1.29 is 0 Å². The summed E-state index contributed by atoms with van der Waals surface area (Å²) in [6.45, 7) is 0. The molecule has 1 heterocycles. The molecule has 0 N–H and O–H groups in total. The standard InChI is InChI=1S/C19H12N/c1-2-6-16(7-3-1)9-10-17-11-13-18(14-12-17)19-8-4-5-15-20-19/h1-8,11-13,15H/q-1. The van der Waals surface area contributed by atoms with Crippen molar-refractivity contribution in [1.82, 2.24) is 4.98 Å². The molecule has 94 valence electrons. The van der Waals surface area contributed by atoms with Crippen LogP contribution in [0.4, 0.5) is 0 Å². The van der Waals surface area contributed by atoms with Gasteiger partial charge in [0.25, 0.3) is 0 Å². The summed E-state index contributed by atoms with van der Waals surface area (Å²) < 4.78 is 0. The highest BCUT2D eigenvalue weighted by molar-refractivity contribution is 5.59. The topological polar surface area (TPSA) is 12.9 Å². The van der Waals surface area contributed by atoms with Crippen LogP contribution in [0.5, 0.6) is 0 Å². The Balaban J connectivity index is 1.83. The van der Waals surface area contributed by atoms with E-state index in [2.05, 4.69) is 22.9 Å². The minimum atomic E-state index is 0.926. The summed E-state index contributed by atoms with van der Waals surface area (Å²) in [4.78, 5) is 4.30. The van der Waals surface area contributed by atoms with Gasteiger partial charge < -0.3 is 4.98 Å². The first-order valence-corrected chi connectivity index (χ1v) is 6.42. The fraction of sp³-hybridized carbons (Fsp3) is 0. The van der Waals surface area contributed by atoms with Crippen molar-refractivity contribution in [2.24, 2.45) is 0 Å². The quantitative estimate of drug-likeness (QED) is 0.473. The maximum absolute atomic E-state index is 4.30. The first kappa shape index (κ1) is 12.2. The van der Waals surface area contributed by atoms with Crippen LogP contribution in [-0.4, -0.2) is 4.98 Å². The molecule has 0 saturated carbocycles. The van der Waals surface area contributed by atoms with Crippen LogP contribution in [0.2, 0.25) is 0 Å². The summed E-state index contributed by atoms with van der Waals surface area (Å²) in [6.07, 6.45) is 1.78. The van der Waals surface area contributed by atoms with E-state index in [1.165, 1.54) is 0 Å². The number of hydrogen-bond acceptors (Lipinski definition) is 1. The molecule has 3 rings (SSSR count). The molecule has 0 radical (unpaired) electrons. The van der Waals surface area contributed by atoms with E-state index in [1.807, 2.05) is 66.7 Å². The lowest BCUT2D eigenvalue weighted by Crippen LogP contribution is -1.83. The maximum Gasteiger partial charge on any atom is 0.0240 e. The second kappa shape index (κ2) is 5.86. The van der Waals surface area contributed by atoms with Gasteiger partial charge in [0.05, 0.1) is 0 Å². The Bertz CT molecular complexity index is 733. The van der Waals surface area contributed by atoms with Crippen molar-refractivity contribution in [3.05, 3.63) is 90.1 Å². The van der Waals surface area contributed by atoms with Crippen LogP contribution in [-0.2, 0) is 0 Å². The minimum absolute atomic E-state index is 0.926. The Morgan fingerprint density at radius 1 is 0.750 bits per heavy atom. The molecule has 3 aromatic rings. The summed E-state index contributed by atoms with van der Waals surface area (Å²) in [6, 6.07) is 24.9. The highest BCUT2D eigenvalue weighted by Crippen LogP contribution is 2.15. The monoisotopic (exact) mass is 254 g/mol. The lowest BCUT2D eigenvalue weighted by molar-refractivity contribution is 1.32. The second-order valence-corrected chi connectivity index (χ2v) is 4.32. The Labute approximate surface area is 118 Å². The molecule has 20 heavy (non-hydrogen) atoms. The summed E-state index contributed by atoms with van der Waals surface area (Å²) >= 11 is 0. The van der Waals surface area contributed by atoms with E-state index in [1.54, 1.807) is 6.20 Å². The number of pyridine rings is 1. The zero-order valence-corrected chi connectivity index (χ0v) is 10.9. The van der Waals surface area contributed by atoms with Gasteiger partial charge in [-0.3, -0.25) is 0 Å². The van der Waals surface area contributed by atoms with Gasteiger partial charge in [0.15, 0.2) is 0 Å². The van der Waals surface area contributed by atoms with Crippen LogP contribution in [0.1, 0.15) is 11.1 Å². The average Bonchev–Trinajstić information content (AvgIpc) is 2.55. The summed E-state index contributed by atoms with van der Waals surface area (Å²) in [5, 5.41) is 0. The fourth-order valence-electron chi connectivity index (χ4n) is 1.85. The van der Waals surface area contributed by atoms with Crippen molar-refractivity contribution in [3.63, 3.8) is 0 Å². The van der Waals surface area contributed by atoms with E-state index in [0.29, 0.717) is 0 Å². The van der Waals surface area contributed by atoms with Crippen molar-refractivity contribution in [2.45, 2.75) is 0 Å². The van der Waals surface area contributed by atoms with E-state index in [4.69, 9.17) is 0 Å². The third-order valence-electron chi connectivity index (χ3n) is 2.88. The molecule has 0 atom stereocenters. The summed E-state index contributed by atoms with van der Waals surface area (Å²) in [5.41, 5.74) is 3.88. The molecular formula is C19H12N-. The van der Waals surface area contributed by atoms with Crippen LogP contribution in [0.15, 0.2) is 72.9 Å². The maximum atomic E-state index is 4.30. The predicted molar refractivity (Wildman–Crippen MR) is 80.9 cm³/mol. The Kier molecular flexibility index (Phi) is 3.57. The van der Waals surface area contributed by atoms with Crippen LogP contribution in [0.25, 0.3) is 11.3 Å². The summed E-state index contributed by atoms with van der Waals surface area (Å²) in [5.74, 6) is 6.27. The van der Waals surface area contributed by atoms with Crippen molar-refractivity contribution in [2.75, 3.05) is 0 Å². The second-order valence-electron chi connectivity index (χ2n) is 4.32. The number of benzene rings is 2. The molecule has 2 aromatic carbocycles. The first-order valence-electron chi connectivity index (χ1n) is 6.42. The van der Waals surface area contributed by atoms with E-state index in [-0.39, 0.29) is 0 Å². The lowest BCUT2D eigenvalue weighted by atomic mass is 10.1. The molecule has 0 fully saturated rings. The minimum Gasteiger partial charge on any atom is -0.305 e. The average molecular weight is 254 g/mol. The summed E-state index contributed by atoms with van der Waals surface area (Å²) in [7, 11) is 0. The molecule has 0 aliphatic heterocycles. The van der Waals surface area contributed by atoms with Gasteiger partial charge in [0.2, 0.25) is 0 Å². The lowest BCUT2D eigenvalue weighted by Gasteiger charge is -2.07. The molecule has 0 spiro atoms. The van der Waals surface area contributed by atoms with Gasteiger partial charge in [-0.2, -0.15) is 0 Å². The van der Waals surface area contributed by atoms with Crippen LogP contribution in [0, 0.1) is 17.9 Å². The van der Waals surface area contributed by atoms with Crippen molar-refractivity contribution >= 4 is 0 Å². The highest BCUT2D eigenvalue weighted by Gasteiger charge is 1.89. The Morgan fingerprint density at radius 2 is 1.55 bits per heavy atom. The Hall–Kier alpha value is -2.85. The van der Waals surface area contributed by atoms with Gasteiger partial charge in [-0.15, -0.1) is 35.7 Å². The third-order valence-corrected chi connectivity index (χ3v) is 2.88. The van der Waals surface area contributed by atoms with Gasteiger partial charge in [-0.05, 0) is 23.9 Å². The molecule has 0 aliphatic rings. The van der Waals surface area contributed by atoms with Gasteiger partial charge in [0.1, 0.15) is 0 Å². The largest absolute Gasteiger partial charge is 0.305 e. The molecule has 0 amide bonds. The van der Waals surface area contributed by atoms with Crippen LogP contribution < -0.4 is 0 Å². The number of rotatable bonds is 1. The molecule has 1 heteroatoms. The zero-order chi connectivity index (χ0) is 13.6. The smallest absolute Gasteiger partial charge is 0.0240 e. The molecular weight excluding hydrogens is 242 g/mol. The number of nitrogens with zero attached hydrogens (tertiary/aromatic N) is 1. The number of hydrogen-bond donors (Lipinski definition) is 0. The molecule has 0 saturated heterocycles. The fourth-order valence-corrected chi connectivity index (χ4v) is 1.85. The van der Waals surface area contributed by atoms with E-state index in [0.717, 1.165) is 22.4 Å². The van der Waals surface area contributed by atoms with Gasteiger partial charge in [-0.1, -0.05) is 41.8 Å². The number of aromatic nitrogens is 1. The van der Waals surface area contributed by atoms with Gasteiger partial charge in [0, 0.05) is 11.8 Å². The Morgan fingerprint density at radius 3 is 2.25 bits per heavy atom.